The summed E-state index contributed by atoms with van der Waals surface area (Å²) >= 11 is 5.85. The third kappa shape index (κ3) is 4.59. The van der Waals surface area contributed by atoms with E-state index in [1.807, 2.05) is 44.4 Å². The lowest BCUT2D eigenvalue weighted by Crippen LogP contribution is -2.35. The predicted octanol–water partition coefficient (Wildman–Crippen LogP) is 3.37. The zero-order valence-electron chi connectivity index (χ0n) is 12.2. The third-order valence-corrected chi connectivity index (χ3v) is 3.41. The number of nitrogens with zero attached hydrogens (tertiary/aromatic N) is 1. The summed E-state index contributed by atoms with van der Waals surface area (Å²) in [7, 11) is 3.98. The van der Waals surface area contributed by atoms with Gasteiger partial charge in [0.2, 0.25) is 0 Å². The number of likely N-dealkylation sites (N-methyl/N-ethyl adjacent to an activating group) is 1. The van der Waals surface area contributed by atoms with Crippen molar-refractivity contribution < 1.29 is 4.79 Å². The van der Waals surface area contributed by atoms with E-state index >= 15 is 0 Å². The van der Waals surface area contributed by atoms with Gasteiger partial charge in [-0.3, -0.25) is 4.79 Å². The number of carbonyl (C=O) groups is 1. The van der Waals surface area contributed by atoms with Crippen LogP contribution in [-0.4, -0.2) is 31.4 Å². The molecule has 110 valence electrons. The van der Waals surface area contributed by atoms with E-state index in [0.29, 0.717) is 10.6 Å². The Balaban J connectivity index is 2.15. The monoisotopic (exact) mass is 302 g/mol. The Morgan fingerprint density at radius 2 is 1.71 bits per heavy atom. The summed E-state index contributed by atoms with van der Waals surface area (Å²) in [5, 5.41) is 3.70. The summed E-state index contributed by atoms with van der Waals surface area (Å²) < 4.78 is 0. The topological polar surface area (TPSA) is 32.3 Å². The second-order valence-electron chi connectivity index (χ2n) is 5.21. The number of benzene rings is 2. The van der Waals surface area contributed by atoms with Crippen molar-refractivity contribution in [2.45, 2.75) is 6.04 Å². The molecule has 0 aromatic heterocycles. The molecule has 0 unspecified atom stereocenters. The van der Waals surface area contributed by atoms with Crippen LogP contribution in [0.15, 0.2) is 54.6 Å². The van der Waals surface area contributed by atoms with Gasteiger partial charge in [-0.05, 0) is 43.9 Å². The summed E-state index contributed by atoms with van der Waals surface area (Å²) in [6.07, 6.45) is 0. The van der Waals surface area contributed by atoms with Gasteiger partial charge in [-0.25, -0.2) is 0 Å². The lowest BCUT2D eigenvalue weighted by molar-refractivity contribution is 0.0930. The van der Waals surface area contributed by atoms with Crippen molar-refractivity contribution in [1.82, 2.24) is 10.2 Å². The number of hydrogen-bond donors (Lipinski definition) is 1. The molecule has 2 rings (SSSR count). The first kappa shape index (κ1) is 15.5. The standard InChI is InChI=1S/C17H19ClN2O/c1-20(2)12-16(13-6-4-3-5-7-13)19-17(21)14-8-10-15(18)11-9-14/h3-11,16H,12H2,1-2H3,(H,19,21)/t16-/m0/s1. The minimum atomic E-state index is -0.0950. The molecule has 1 atom stereocenters. The fourth-order valence-electron chi connectivity index (χ4n) is 2.13. The van der Waals surface area contributed by atoms with Crippen molar-refractivity contribution in [3.05, 3.63) is 70.7 Å². The molecule has 0 fully saturated rings. The van der Waals surface area contributed by atoms with Gasteiger partial charge in [0.05, 0.1) is 6.04 Å². The van der Waals surface area contributed by atoms with Gasteiger partial charge in [0.15, 0.2) is 0 Å². The first-order valence-corrected chi connectivity index (χ1v) is 7.20. The van der Waals surface area contributed by atoms with E-state index in [-0.39, 0.29) is 11.9 Å². The molecule has 3 nitrogen and oxygen atoms in total. The SMILES string of the molecule is CN(C)C[C@H](NC(=O)c1ccc(Cl)cc1)c1ccccc1. The molecule has 0 saturated carbocycles. The van der Waals surface area contributed by atoms with Gasteiger partial charge < -0.3 is 10.2 Å². The number of rotatable bonds is 5. The van der Waals surface area contributed by atoms with E-state index in [2.05, 4.69) is 10.2 Å². The van der Waals surface area contributed by atoms with E-state index in [1.165, 1.54) is 0 Å². The molecule has 0 radical (unpaired) electrons. The molecule has 0 saturated heterocycles. The van der Waals surface area contributed by atoms with Crippen LogP contribution in [-0.2, 0) is 0 Å². The van der Waals surface area contributed by atoms with Crippen molar-refractivity contribution in [3.8, 4) is 0 Å². The van der Waals surface area contributed by atoms with Gasteiger partial charge in [-0.15, -0.1) is 0 Å². The quantitative estimate of drug-likeness (QED) is 0.918. The average Bonchev–Trinajstić information content (AvgIpc) is 2.47. The summed E-state index contributed by atoms with van der Waals surface area (Å²) in [5.74, 6) is -0.0950. The summed E-state index contributed by atoms with van der Waals surface area (Å²) in [5.41, 5.74) is 1.70. The minimum absolute atomic E-state index is 0.0515. The van der Waals surface area contributed by atoms with Crippen molar-refractivity contribution >= 4 is 17.5 Å². The smallest absolute Gasteiger partial charge is 0.251 e. The Bertz CT molecular complexity index is 581. The van der Waals surface area contributed by atoms with Crippen LogP contribution in [0, 0.1) is 0 Å². The summed E-state index contributed by atoms with van der Waals surface area (Å²) in [6, 6.07) is 16.8. The Kier molecular flexibility index (Phi) is 5.37. The van der Waals surface area contributed by atoms with Crippen molar-refractivity contribution in [2.75, 3.05) is 20.6 Å². The number of hydrogen-bond acceptors (Lipinski definition) is 2. The highest BCUT2D eigenvalue weighted by Crippen LogP contribution is 2.15. The van der Waals surface area contributed by atoms with Crippen LogP contribution in [0.3, 0.4) is 0 Å². The maximum absolute atomic E-state index is 12.3. The molecule has 0 aliphatic rings. The fraction of sp³-hybridized carbons (Fsp3) is 0.235. The lowest BCUT2D eigenvalue weighted by Gasteiger charge is -2.23. The van der Waals surface area contributed by atoms with Gasteiger partial charge in [0.25, 0.3) is 5.91 Å². The molecule has 0 heterocycles. The van der Waals surface area contributed by atoms with Gasteiger partial charge in [0, 0.05) is 17.1 Å². The maximum atomic E-state index is 12.3. The third-order valence-electron chi connectivity index (χ3n) is 3.16. The van der Waals surface area contributed by atoms with Gasteiger partial charge in [0.1, 0.15) is 0 Å². The van der Waals surface area contributed by atoms with Crippen LogP contribution in [0.25, 0.3) is 0 Å². The number of carbonyl (C=O) groups excluding carboxylic acids is 1. The van der Waals surface area contributed by atoms with Crippen molar-refractivity contribution in [1.29, 1.82) is 0 Å². The molecule has 0 bridgehead atoms. The van der Waals surface area contributed by atoms with Gasteiger partial charge in [-0.1, -0.05) is 41.9 Å². The summed E-state index contributed by atoms with van der Waals surface area (Å²) in [6.45, 7) is 0.739. The van der Waals surface area contributed by atoms with E-state index < -0.39 is 0 Å². The van der Waals surface area contributed by atoms with Crippen LogP contribution in [0.5, 0.6) is 0 Å². The van der Waals surface area contributed by atoms with Crippen LogP contribution in [0.2, 0.25) is 5.02 Å². The highest BCUT2D eigenvalue weighted by atomic mass is 35.5. The molecule has 2 aromatic rings. The molecule has 1 N–H and O–H groups in total. The van der Waals surface area contributed by atoms with E-state index in [1.54, 1.807) is 24.3 Å². The normalized spacial score (nSPS) is 12.2. The predicted molar refractivity (Wildman–Crippen MR) is 86.7 cm³/mol. The van der Waals surface area contributed by atoms with Crippen molar-refractivity contribution in [3.63, 3.8) is 0 Å². The van der Waals surface area contributed by atoms with Gasteiger partial charge in [-0.2, -0.15) is 0 Å². The molecule has 0 aliphatic heterocycles. The summed E-state index contributed by atoms with van der Waals surface area (Å²) in [4.78, 5) is 14.4. The largest absolute Gasteiger partial charge is 0.344 e. The first-order chi connectivity index (χ1) is 10.1. The molecular formula is C17H19ClN2O. The highest BCUT2D eigenvalue weighted by Gasteiger charge is 2.16. The van der Waals surface area contributed by atoms with Gasteiger partial charge >= 0.3 is 0 Å². The molecule has 2 aromatic carbocycles. The minimum Gasteiger partial charge on any atom is -0.344 e. The van der Waals surface area contributed by atoms with Crippen LogP contribution in [0.4, 0.5) is 0 Å². The lowest BCUT2D eigenvalue weighted by atomic mass is 10.1. The van der Waals surface area contributed by atoms with Crippen LogP contribution in [0.1, 0.15) is 22.0 Å². The second-order valence-corrected chi connectivity index (χ2v) is 5.64. The fourth-order valence-corrected chi connectivity index (χ4v) is 2.25. The highest BCUT2D eigenvalue weighted by molar-refractivity contribution is 6.30. The molecule has 4 heteroatoms. The zero-order chi connectivity index (χ0) is 15.2. The molecule has 0 spiro atoms. The zero-order valence-corrected chi connectivity index (χ0v) is 13.0. The Morgan fingerprint density at radius 3 is 2.29 bits per heavy atom. The second kappa shape index (κ2) is 7.25. The van der Waals surface area contributed by atoms with E-state index in [4.69, 9.17) is 11.6 Å². The van der Waals surface area contributed by atoms with Crippen LogP contribution < -0.4 is 5.32 Å². The maximum Gasteiger partial charge on any atom is 0.251 e. The average molecular weight is 303 g/mol. The Labute approximate surface area is 130 Å². The van der Waals surface area contributed by atoms with E-state index in [0.717, 1.165) is 12.1 Å². The molecule has 21 heavy (non-hydrogen) atoms. The molecule has 1 amide bonds. The molecular weight excluding hydrogens is 284 g/mol. The Hall–Kier alpha value is -1.84. The molecule has 0 aliphatic carbocycles. The van der Waals surface area contributed by atoms with Crippen LogP contribution >= 0.6 is 11.6 Å². The number of halogens is 1. The first-order valence-electron chi connectivity index (χ1n) is 6.82. The van der Waals surface area contributed by atoms with Crippen molar-refractivity contribution in [2.24, 2.45) is 0 Å². The number of nitrogens with one attached hydrogen (secondary N) is 1. The Morgan fingerprint density at radius 1 is 1.10 bits per heavy atom. The number of amides is 1. The van der Waals surface area contributed by atoms with E-state index in [9.17, 15) is 4.79 Å².